The molecule has 0 radical (unpaired) electrons. The zero-order valence-corrected chi connectivity index (χ0v) is 16.5. The lowest BCUT2D eigenvalue weighted by molar-refractivity contribution is 0.787. The molecule has 0 N–H and O–H groups in total. The van der Waals surface area contributed by atoms with Crippen molar-refractivity contribution in [3.05, 3.63) is 57.0 Å². The summed E-state index contributed by atoms with van der Waals surface area (Å²) in [7, 11) is 1.92. The van der Waals surface area contributed by atoms with Gasteiger partial charge < -0.3 is 9.13 Å². The van der Waals surface area contributed by atoms with Gasteiger partial charge in [0.25, 0.3) is 0 Å². The van der Waals surface area contributed by atoms with Crippen LogP contribution in [0.15, 0.2) is 36.9 Å². The fourth-order valence-corrected chi connectivity index (χ4v) is 3.06. The summed E-state index contributed by atoms with van der Waals surface area (Å²) in [5.74, 6) is 0. The van der Waals surface area contributed by atoms with Crippen LogP contribution in [0.4, 0.5) is 0 Å². The summed E-state index contributed by atoms with van der Waals surface area (Å²) in [6, 6.07) is 7.20. The highest BCUT2D eigenvalue weighted by atomic mass is 35.5. The summed E-state index contributed by atoms with van der Waals surface area (Å²) < 4.78 is 3.93. The third kappa shape index (κ3) is 3.72. The number of aromatic nitrogens is 4. The normalized spacial score (nSPS) is 11.0. The van der Waals surface area contributed by atoms with Gasteiger partial charge in [0.15, 0.2) is 0 Å². The van der Waals surface area contributed by atoms with Gasteiger partial charge in [-0.1, -0.05) is 46.4 Å². The number of nitrogens with zero attached hydrogens (tertiary/aromatic N) is 4. The van der Waals surface area contributed by atoms with Crippen LogP contribution in [0.5, 0.6) is 0 Å². The Hall–Kier alpha value is -1.46. The minimum Gasteiger partial charge on any atom is -0.334 e. The van der Waals surface area contributed by atoms with Crippen molar-refractivity contribution in [1.29, 1.82) is 0 Å². The topological polar surface area (TPSA) is 35.6 Å². The molecule has 4 nitrogen and oxygen atoms in total. The summed E-state index contributed by atoms with van der Waals surface area (Å²) in [5, 5.41) is 2.23. The van der Waals surface area contributed by atoms with Gasteiger partial charge >= 0.3 is 0 Å². The van der Waals surface area contributed by atoms with Crippen LogP contribution in [0.2, 0.25) is 20.1 Å². The molecular weight excluding hydrogens is 402 g/mol. The highest BCUT2D eigenvalue weighted by Crippen LogP contribution is 2.27. The number of aryl methyl sites for hydroxylation is 2. The molecule has 0 atom stereocenters. The largest absolute Gasteiger partial charge is 0.334 e. The average Bonchev–Trinajstić information content (AvgIpc) is 3.13. The molecule has 2 aromatic heterocycles. The summed E-state index contributed by atoms with van der Waals surface area (Å²) in [6.45, 7) is 2.94. The number of halogens is 4. The molecule has 0 unspecified atom stereocenters. The predicted octanol–water partition coefficient (Wildman–Crippen LogP) is 6.24. The first-order chi connectivity index (χ1) is 11.9. The quantitative estimate of drug-likeness (QED) is 0.368. The van der Waals surface area contributed by atoms with Gasteiger partial charge in [-0.15, -0.1) is 0 Å². The summed E-state index contributed by atoms with van der Waals surface area (Å²) >= 11 is 23.4. The molecule has 130 valence electrons. The van der Waals surface area contributed by atoms with Gasteiger partial charge in [0.2, 0.25) is 0 Å². The summed E-state index contributed by atoms with van der Waals surface area (Å²) in [5.41, 5.74) is 3.77. The second-order valence-electron chi connectivity index (χ2n) is 5.40. The van der Waals surface area contributed by atoms with Crippen molar-refractivity contribution in [3.8, 4) is 0 Å². The summed E-state index contributed by atoms with van der Waals surface area (Å²) in [6.07, 6.45) is 3.52. The average molecular weight is 416 g/mol. The number of benzene rings is 2. The van der Waals surface area contributed by atoms with E-state index in [0.29, 0.717) is 20.1 Å². The van der Waals surface area contributed by atoms with Gasteiger partial charge in [-0.2, -0.15) is 0 Å². The Morgan fingerprint density at radius 2 is 1.24 bits per heavy atom. The SMILES string of the molecule is CCn1cnc2cc(Cl)c(Cl)cc21.Cn1cnc2cc(Cl)c(Cl)cc21. The van der Waals surface area contributed by atoms with Gasteiger partial charge in [0.1, 0.15) is 0 Å². The van der Waals surface area contributed by atoms with Gasteiger partial charge in [0, 0.05) is 13.6 Å². The Kier molecular flexibility index (Phi) is 5.44. The Morgan fingerprint density at radius 1 is 0.760 bits per heavy atom. The van der Waals surface area contributed by atoms with Crippen molar-refractivity contribution in [2.24, 2.45) is 7.05 Å². The van der Waals surface area contributed by atoms with Gasteiger partial charge in [-0.25, -0.2) is 9.97 Å². The Balaban J connectivity index is 0.000000146. The highest BCUT2D eigenvalue weighted by molar-refractivity contribution is 6.43. The van der Waals surface area contributed by atoms with Crippen LogP contribution in [0.3, 0.4) is 0 Å². The van der Waals surface area contributed by atoms with Gasteiger partial charge in [-0.05, 0) is 31.2 Å². The summed E-state index contributed by atoms with van der Waals surface area (Å²) in [4.78, 5) is 8.35. The number of rotatable bonds is 1. The lowest BCUT2D eigenvalue weighted by atomic mass is 10.3. The molecule has 0 amide bonds. The molecular formula is C17H14Cl4N4. The van der Waals surface area contributed by atoms with Crippen LogP contribution >= 0.6 is 46.4 Å². The van der Waals surface area contributed by atoms with Gasteiger partial charge in [0.05, 0.1) is 54.8 Å². The molecule has 0 saturated carbocycles. The molecule has 2 aromatic carbocycles. The van der Waals surface area contributed by atoms with Crippen LogP contribution in [-0.2, 0) is 13.6 Å². The van der Waals surface area contributed by atoms with E-state index in [1.807, 2.05) is 28.3 Å². The maximum Gasteiger partial charge on any atom is 0.0958 e. The molecule has 0 bridgehead atoms. The molecule has 0 aliphatic rings. The van der Waals surface area contributed by atoms with Gasteiger partial charge in [-0.3, -0.25) is 0 Å². The lowest BCUT2D eigenvalue weighted by Crippen LogP contribution is -1.90. The lowest BCUT2D eigenvalue weighted by Gasteiger charge is -1.99. The van der Waals surface area contributed by atoms with Crippen LogP contribution in [0, 0.1) is 0 Å². The fourth-order valence-electron chi connectivity index (χ4n) is 2.43. The molecule has 4 aromatic rings. The smallest absolute Gasteiger partial charge is 0.0958 e. The van der Waals surface area contributed by atoms with E-state index in [9.17, 15) is 0 Å². The second kappa shape index (κ2) is 7.42. The third-order valence-electron chi connectivity index (χ3n) is 3.77. The maximum atomic E-state index is 5.90. The van der Waals surface area contributed by atoms with E-state index >= 15 is 0 Å². The van der Waals surface area contributed by atoms with E-state index in [4.69, 9.17) is 46.4 Å². The maximum absolute atomic E-state index is 5.90. The van der Waals surface area contributed by atoms with Crippen molar-refractivity contribution in [2.75, 3.05) is 0 Å². The Bertz CT molecular complexity index is 1050. The van der Waals surface area contributed by atoms with E-state index < -0.39 is 0 Å². The number of fused-ring (bicyclic) bond motifs is 2. The van der Waals surface area contributed by atoms with E-state index in [2.05, 4.69) is 16.9 Å². The Morgan fingerprint density at radius 3 is 1.84 bits per heavy atom. The predicted molar refractivity (Wildman–Crippen MR) is 106 cm³/mol. The van der Waals surface area contributed by atoms with Crippen LogP contribution in [0.1, 0.15) is 6.92 Å². The molecule has 0 saturated heterocycles. The first kappa shape index (κ1) is 18.3. The molecule has 0 fully saturated rings. The molecule has 25 heavy (non-hydrogen) atoms. The molecule has 0 aliphatic carbocycles. The van der Waals surface area contributed by atoms with Crippen molar-refractivity contribution in [3.63, 3.8) is 0 Å². The first-order valence-corrected chi connectivity index (χ1v) is 8.97. The first-order valence-electron chi connectivity index (χ1n) is 7.46. The van der Waals surface area contributed by atoms with Crippen molar-refractivity contribution >= 4 is 68.5 Å². The monoisotopic (exact) mass is 414 g/mol. The van der Waals surface area contributed by atoms with E-state index in [0.717, 1.165) is 28.6 Å². The third-order valence-corrected chi connectivity index (χ3v) is 5.22. The second-order valence-corrected chi connectivity index (χ2v) is 7.02. The zero-order valence-electron chi connectivity index (χ0n) is 13.5. The van der Waals surface area contributed by atoms with Crippen LogP contribution < -0.4 is 0 Å². The fraction of sp³-hybridized carbons (Fsp3) is 0.176. The molecule has 2 heterocycles. The highest BCUT2D eigenvalue weighted by Gasteiger charge is 2.05. The molecule has 8 heteroatoms. The minimum absolute atomic E-state index is 0.544. The molecule has 4 rings (SSSR count). The number of imidazole rings is 2. The Labute approximate surface area is 164 Å². The van der Waals surface area contributed by atoms with Crippen LogP contribution in [0.25, 0.3) is 22.1 Å². The van der Waals surface area contributed by atoms with Crippen LogP contribution in [-0.4, -0.2) is 19.1 Å². The number of hydrogen-bond donors (Lipinski definition) is 0. The van der Waals surface area contributed by atoms with Crippen molar-refractivity contribution < 1.29 is 0 Å². The van der Waals surface area contributed by atoms with E-state index in [-0.39, 0.29) is 0 Å². The minimum atomic E-state index is 0.544. The molecule has 0 spiro atoms. The van der Waals surface area contributed by atoms with E-state index in [1.54, 1.807) is 24.8 Å². The zero-order chi connectivity index (χ0) is 18.1. The van der Waals surface area contributed by atoms with Crippen molar-refractivity contribution in [2.45, 2.75) is 13.5 Å². The standard InChI is InChI=1S/C9H8Cl2N2.C8H6Cl2N2/c1-2-13-5-12-8-3-6(10)7(11)4-9(8)13;1-12-4-11-7-2-5(9)6(10)3-8(7)12/h3-5H,2H2,1H3;2-4H,1H3. The van der Waals surface area contributed by atoms with E-state index in [1.165, 1.54) is 0 Å². The van der Waals surface area contributed by atoms with Crippen molar-refractivity contribution in [1.82, 2.24) is 19.1 Å². The number of hydrogen-bond acceptors (Lipinski definition) is 2. The molecule has 0 aliphatic heterocycles.